The first kappa shape index (κ1) is 17.5. The van der Waals surface area contributed by atoms with E-state index in [0.29, 0.717) is 5.56 Å². The fraction of sp³-hybridized carbons (Fsp3) is 0.250. The molecule has 136 valence electrons. The van der Waals surface area contributed by atoms with E-state index in [0.717, 1.165) is 16.8 Å². The fourth-order valence-electron chi connectivity index (χ4n) is 2.39. The molecule has 10 heteroatoms. The predicted octanol–water partition coefficient (Wildman–Crippen LogP) is 1.06. The van der Waals surface area contributed by atoms with Gasteiger partial charge in [-0.05, 0) is 24.6 Å². The Bertz CT molecular complexity index is 1030. The number of fused-ring (bicyclic) bond motifs is 1. The van der Waals surface area contributed by atoms with Crippen LogP contribution in [0.25, 0.3) is 5.78 Å². The highest BCUT2D eigenvalue weighted by atomic mass is 19.2. The Morgan fingerprint density at radius 1 is 1.31 bits per heavy atom. The molecule has 1 amide bonds. The molecule has 1 aromatic carbocycles. The molecule has 2 heterocycles. The van der Waals surface area contributed by atoms with Crippen molar-refractivity contribution in [2.24, 2.45) is 0 Å². The highest BCUT2D eigenvalue weighted by Crippen LogP contribution is 2.15. The van der Waals surface area contributed by atoms with Gasteiger partial charge in [-0.2, -0.15) is 4.98 Å². The van der Waals surface area contributed by atoms with Crippen LogP contribution in [-0.2, 0) is 11.3 Å². The molecule has 0 spiro atoms. The van der Waals surface area contributed by atoms with Crippen molar-refractivity contribution < 1.29 is 18.3 Å². The predicted molar refractivity (Wildman–Crippen MR) is 86.7 cm³/mol. The zero-order valence-corrected chi connectivity index (χ0v) is 13.9. The monoisotopic (exact) mass is 363 g/mol. The summed E-state index contributed by atoms with van der Waals surface area (Å²) in [6, 6.07) is 4.28. The van der Waals surface area contributed by atoms with E-state index in [4.69, 9.17) is 4.74 Å². The van der Waals surface area contributed by atoms with Crippen LogP contribution in [0, 0.1) is 11.6 Å². The van der Waals surface area contributed by atoms with Gasteiger partial charge in [0.05, 0.1) is 13.2 Å². The van der Waals surface area contributed by atoms with Gasteiger partial charge in [-0.15, -0.1) is 5.10 Å². The van der Waals surface area contributed by atoms with Gasteiger partial charge in [-0.1, -0.05) is 6.07 Å². The van der Waals surface area contributed by atoms with E-state index in [1.165, 1.54) is 29.8 Å². The van der Waals surface area contributed by atoms with E-state index in [1.54, 1.807) is 6.92 Å². The third-order valence-corrected chi connectivity index (χ3v) is 3.75. The van der Waals surface area contributed by atoms with Gasteiger partial charge in [0.2, 0.25) is 11.8 Å². The van der Waals surface area contributed by atoms with Crippen molar-refractivity contribution in [3.63, 3.8) is 0 Å². The van der Waals surface area contributed by atoms with E-state index in [-0.39, 0.29) is 18.2 Å². The van der Waals surface area contributed by atoms with E-state index < -0.39 is 29.3 Å². The van der Waals surface area contributed by atoms with Crippen LogP contribution in [0.3, 0.4) is 0 Å². The second-order valence-electron chi connectivity index (χ2n) is 5.54. The minimum atomic E-state index is -1.000. The SMILES string of the molecule is COc1ccn2c(=O)n(CC(=O)N[C@@H](C)c3ccc(F)c(F)c3)nc2n1. The second kappa shape index (κ2) is 6.90. The molecule has 1 N–H and O–H groups in total. The molecule has 0 bridgehead atoms. The maximum absolute atomic E-state index is 13.3. The van der Waals surface area contributed by atoms with Gasteiger partial charge < -0.3 is 10.1 Å². The molecule has 3 aromatic rings. The number of amides is 1. The molecule has 0 radical (unpaired) electrons. The third-order valence-electron chi connectivity index (χ3n) is 3.75. The minimum Gasteiger partial charge on any atom is -0.481 e. The summed E-state index contributed by atoms with van der Waals surface area (Å²) in [4.78, 5) is 28.4. The fourth-order valence-corrected chi connectivity index (χ4v) is 2.39. The van der Waals surface area contributed by atoms with Crippen molar-refractivity contribution >= 4 is 11.7 Å². The van der Waals surface area contributed by atoms with Gasteiger partial charge >= 0.3 is 5.69 Å². The van der Waals surface area contributed by atoms with Crippen LogP contribution in [-0.4, -0.2) is 32.2 Å². The van der Waals surface area contributed by atoms with Crippen LogP contribution in [0.1, 0.15) is 18.5 Å². The van der Waals surface area contributed by atoms with Gasteiger partial charge in [0.25, 0.3) is 5.78 Å². The Hall–Kier alpha value is -3.30. The summed E-state index contributed by atoms with van der Waals surface area (Å²) in [6.45, 7) is 1.27. The lowest BCUT2D eigenvalue weighted by atomic mass is 10.1. The van der Waals surface area contributed by atoms with Crippen molar-refractivity contribution in [3.8, 4) is 5.88 Å². The number of aromatic nitrogens is 4. The maximum atomic E-state index is 13.3. The van der Waals surface area contributed by atoms with Crippen molar-refractivity contribution in [1.82, 2.24) is 24.5 Å². The van der Waals surface area contributed by atoms with E-state index in [1.807, 2.05) is 0 Å². The number of methoxy groups -OCH3 is 1. The summed E-state index contributed by atoms with van der Waals surface area (Å²) in [5, 5.41) is 6.58. The summed E-state index contributed by atoms with van der Waals surface area (Å²) in [6.07, 6.45) is 1.44. The van der Waals surface area contributed by atoms with Crippen LogP contribution < -0.4 is 15.7 Å². The van der Waals surface area contributed by atoms with Crippen molar-refractivity contribution in [3.05, 3.63) is 58.1 Å². The second-order valence-corrected chi connectivity index (χ2v) is 5.54. The van der Waals surface area contributed by atoms with Crippen LogP contribution >= 0.6 is 0 Å². The first-order chi connectivity index (χ1) is 12.4. The van der Waals surface area contributed by atoms with Crippen LogP contribution in [0.4, 0.5) is 8.78 Å². The lowest BCUT2D eigenvalue weighted by Crippen LogP contribution is -2.34. The molecule has 26 heavy (non-hydrogen) atoms. The summed E-state index contributed by atoms with van der Waals surface area (Å²) in [5.74, 6) is -2.10. The van der Waals surface area contributed by atoms with Crippen LogP contribution in [0.15, 0.2) is 35.3 Å². The van der Waals surface area contributed by atoms with Gasteiger partial charge in [0, 0.05) is 12.3 Å². The summed E-state index contributed by atoms with van der Waals surface area (Å²) >= 11 is 0. The minimum absolute atomic E-state index is 0.0933. The molecule has 0 aliphatic rings. The van der Waals surface area contributed by atoms with Gasteiger partial charge in [-0.25, -0.2) is 22.7 Å². The number of benzene rings is 1. The summed E-state index contributed by atoms with van der Waals surface area (Å²) in [7, 11) is 1.43. The smallest absolute Gasteiger partial charge is 0.352 e. The van der Waals surface area contributed by atoms with E-state index >= 15 is 0 Å². The Kier molecular flexibility index (Phi) is 4.65. The van der Waals surface area contributed by atoms with Crippen LogP contribution in [0.5, 0.6) is 5.88 Å². The topological polar surface area (TPSA) is 90.5 Å². The largest absolute Gasteiger partial charge is 0.481 e. The number of ether oxygens (including phenoxy) is 1. The number of carbonyl (C=O) groups excluding carboxylic acids is 1. The molecule has 0 saturated carbocycles. The quantitative estimate of drug-likeness (QED) is 0.732. The lowest BCUT2D eigenvalue weighted by molar-refractivity contribution is -0.122. The van der Waals surface area contributed by atoms with Crippen molar-refractivity contribution in [1.29, 1.82) is 0 Å². The summed E-state index contributed by atoms with van der Waals surface area (Å²) in [5.41, 5.74) is -0.142. The molecule has 2 aromatic heterocycles. The Labute approximate surface area is 146 Å². The number of nitrogens with zero attached hydrogens (tertiary/aromatic N) is 4. The number of nitrogens with one attached hydrogen (secondary N) is 1. The van der Waals surface area contributed by atoms with Gasteiger partial charge in [0.15, 0.2) is 11.6 Å². The Balaban J connectivity index is 1.75. The molecule has 8 nitrogen and oxygen atoms in total. The number of hydrogen-bond donors (Lipinski definition) is 1. The summed E-state index contributed by atoms with van der Waals surface area (Å²) < 4.78 is 33.4. The normalized spacial score (nSPS) is 12.2. The molecule has 0 saturated heterocycles. The Morgan fingerprint density at radius 3 is 2.77 bits per heavy atom. The lowest BCUT2D eigenvalue weighted by Gasteiger charge is -2.14. The number of carbonyl (C=O) groups is 1. The number of halogens is 2. The zero-order chi connectivity index (χ0) is 18.8. The maximum Gasteiger partial charge on any atom is 0.352 e. The third kappa shape index (κ3) is 3.39. The molecule has 0 unspecified atom stereocenters. The Morgan fingerprint density at radius 2 is 2.08 bits per heavy atom. The molecule has 0 aliphatic carbocycles. The highest BCUT2D eigenvalue weighted by molar-refractivity contribution is 5.76. The average Bonchev–Trinajstić information content (AvgIpc) is 2.92. The first-order valence-corrected chi connectivity index (χ1v) is 7.63. The van der Waals surface area contributed by atoms with Crippen molar-refractivity contribution in [2.45, 2.75) is 19.5 Å². The van der Waals surface area contributed by atoms with Crippen molar-refractivity contribution in [2.75, 3.05) is 7.11 Å². The van der Waals surface area contributed by atoms with Crippen LogP contribution in [0.2, 0.25) is 0 Å². The standard InChI is InChI=1S/C16H15F2N5O3/c1-9(10-3-4-11(17)12(18)7-10)19-13(24)8-23-16(25)22-6-5-14(26-2)20-15(22)21-23/h3-7,9H,8H2,1-2H3,(H,19,24)/t9-/m0/s1. The van der Waals surface area contributed by atoms with Gasteiger partial charge in [0.1, 0.15) is 6.54 Å². The highest BCUT2D eigenvalue weighted by Gasteiger charge is 2.15. The molecule has 3 rings (SSSR count). The molecular weight excluding hydrogens is 348 g/mol. The average molecular weight is 363 g/mol. The van der Waals surface area contributed by atoms with E-state index in [2.05, 4.69) is 15.4 Å². The van der Waals surface area contributed by atoms with E-state index in [9.17, 15) is 18.4 Å². The van der Waals surface area contributed by atoms with Gasteiger partial charge in [-0.3, -0.25) is 4.79 Å². The number of rotatable bonds is 5. The first-order valence-electron chi connectivity index (χ1n) is 7.63. The molecule has 1 atom stereocenters. The molecule has 0 fully saturated rings. The number of hydrogen-bond acceptors (Lipinski definition) is 5. The molecule has 0 aliphatic heterocycles. The zero-order valence-electron chi connectivity index (χ0n) is 13.9. The molecular formula is C16H15F2N5O3.